The summed E-state index contributed by atoms with van der Waals surface area (Å²) in [5.74, 6) is 1.78. The molecule has 0 unspecified atom stereocenters. The molecule has 2 rings (SSSR count). The Bertz CT molecular complexity index is 698. The summed E-state index contributed by atoms with van der Waals surface area (Å²) in [7, 11) is 1.97. The van der Waals surface area contributed by atoms with Gasteiger partial charge in [0.1, 0.15) is 5.82 Å². The first-order valence-electron chi connectivity index (χ1n) is 9.28. The Hall–Kier alpha value is -1.84. The number of aromatic nitrogens is 3. The van der Waals surface area contributed by atoms with Crippen LogP contribution in [-0.4, -0.2) is 40.4 Å². The molecule has 0 aromatic carbocycles. The van der Waals surface area contributed by atoms with Crippen LogP contribution < -0.4 is 16.0 Å². The predicted molar refractivity (Wildman–Crippen MR) is 123 cm³/mol. The number of nitrogens with one attached hydrogen (secondary N) is 3. The van der Waals surface area contributed by atoms with E-state index in [4.69, 9.17) is 4.99 Å². The quantitative estimate of drug-likeness (QED) is 0.220. The third-order valence-electron chi connectivity index (χ3n) is 4.27. The van der Waals surface area contributed by atoms with Crippen molar-refractivity contribution in [2.45, 2.75) is 40.2 Å². The number of pyridine rings is 1. The zero-order valence-electron chi connectivity index (χ0n) is 16.7. The first-order chi connectivity index (χ1) is 12.6. The number of hydrogen-bond donors (Lipinski definition) is 3. The minimum atomic E-state index is 0. The van der Waals surface area contributed by atoms with Crippen LogP contribution in [0.15, 0.2) is 29.4 Å². The van der Waals surface area contributed by atoms with Gasteiger partial charge in [-0.3, -0.25) is 4.68 Å². The van der Waals surface area contributed by atoms with Crippen molar-refractivity contribution in [2.24, 2.45) is 12.0 Å². The van der Waals surface area contributed by atoms with E-state index in [1.807, 2.05) is 36.9 Å². The van der Waals surface area contributed by atoms with Crippen LogP contribution in [0.1, 0.15) is 36.7 Å². The molecule has 7 nitrogen and oxygen atoms in total. The second-order valence-corrected chi connectivity index (χ2v) is 6.24. The number of aryl methyl sites for hydroxylation is 2. The maximum atomic E-state index is 4.70. The fourth-order valence-corrected chi connectivity index (χ4v) is 2.69. The molecule has 3 N–H and O–H groups in total. The van der Waals surface area contributed by atoms with Gasteiger partial charge in [0.25, 0.3) is 0 Å². The summed E-state index contributed by atoms with van der Waals surface area (Å²) in [4.78, 5) is 8.96. The van der Waals surface area contributed by atoms with Crippen LogP contribution in [-0.2, 0) is 13.6 Å². The summed E-state index contributed by atoms with van der Waals surface area (Å²) < 4.78 is 1.91. The largest absolute Gasteiger partial charge is 0.370 e. The summed E-state index contributed by atoms with van der Waals surface area (Å²) in [6.45, 7) is 9.49. The second kappa shape index (κ2) is 12.5. The SMILES string of the molecule is CCNC(=NCc1c(C)nn(C)c1C)NCCCCNc1ccccn1.I. The highest BCUT2D eigenvalue weighted by atomic mass is 127. The molecule has 0 aliphatic heterocycles. The first-order valence-corrected chi connectivity index (χ1v) is 9.28. The van der Waals surface area contributed by atoms with Gasteiger partial charge in [0.15, 0.2) is 5.96 Å². The molecule has 0 radical (unpaired) electrons. The highest BCUT2D eigenvalue weighted by molar-refractivity contribution is 14.0. The topological polar surface area (TPSA) is 79.2 Å². The van der Waals surface area contributed by atoms with Gasteiger partial charge in [-0.1, -0.05) is 6.07 Å². The molecule has 27 heavy (non-hydrogen) atoms. The maximum Gasteiger partial charge on any atom is 0.191 e. The van der Waals surface area contributed by atoms with E-state index in [-0.39, 0.29) is 24.0 Å². The summed E-state index contributed by atoms with van der Waals surface area (Å²) in [6.07, 6.45) is 3.94. The first kappa shape index (κ1) is 23.2. The van der Waals surface area contributed by atoms with Crippen LogP contribution in [0, 0.1) is 13.8 Å². The van der Waals surface area contributed by atoms with Gasteiger partial charge in [0.2, 0.25) is 0 Å². The summed E-state index contributed by atoms with van der Waals surface area (Å²) in [6, 6.07) is 5.89. The van der Waals surface area contributed by atoms with Gasteiger partial charge in [-0.05, 0) is 45.7 Å². The number of rotatable bonds is 9. The van der Waals surface area contributed by atoms with Crippen molar-refractivity contribution in [1.29, 1.82) is 0 Å². The molecule has 0 aliphatic rings. The fraction of sp³-hybridized carbons (Fsp3) is 0.526. The molecular weight excluding hydrogens is 453 g/mol. The van der Waals surface area contributed by atoms with Crippen LogP contribution in [0.4, 0.5) is 5.82 Å². The lowest BCUT2D eigenvalue weighted by Crippen LogP contribution is -2.37. The smallest absolute Gasteiger partial charge is 0.191 e. The monoisotopic (exact) mass is 485 g/mol. The molecular formula is C19H32IN7. The van der Waals surface area contributed by atoms with Crippen molar-refractivity contribution >= 4 is 35.8 Å². The lowest BCUT2D eigenvalue weighted by molar-refractivity contribution is 0.711. The Kier molecular flexibility index (Phi) is 10.8. The van der Waals surface area contributed by atoms with E-state index in [0.29, 0.717) is 6.54 Å². The number of guanidine groups is 1. The summed E-state index contributed by atoms with van der Waals surface area (Å²) in [5.41, 5.74) is 3.41. The molecule has 8 heteroatoms. The Labute approximate surface area is 179 Å². The number of halogens is 1. The molecule has 0 spiro atoms. The van der Waals surface area contributed by atoms with E-state index in [9.17, 15) is 0 Å². The molecule has 0 aliphatic carbocycles. The van der Waals surface area contributed by atoms with Gasteiger partial charge in [0.05, 0.1) is 12.2 Å². The van der Waals surface area contributed by atoms with Gasteiger partial charge >= 0.3 is 0 Å². The van der Waals surface area contributed by atoms with Crippen LogP contribution in [0.3, 0.4) is 0 Å². The van der Waals surface area contributed by atoms with Gasteiger partial charge in [-0.25, -0.2) is 9.98 Å². The average molecular weight is 485 g/mol. The number of nitrogens with zero attached hydrogens (tertiary/aromatic N) is 4. The lowest BCUT2D eigenvalue weighted by atomic mass is 10.2. The zero-order chi connectivity index (χ0) is 18.8. The molecule has 2 aromatic rings. The standard InChI is InChI=1S/C19H31N7.HI/c1-5-20-19(24-14-17-15(2)25-26(4)16(17)3)23-13-9-8-12-22-18-10-6-7-11-21-18;/h6-7,10-11H,5,8-9,12-14H2,1-4H3,(H,21,22)(H2,20,23,24);1H. The molecule has 0 fully saturated rings. The third kappa shape index (κ3) is 7.74. The molecule has 0 saturated heterocycles. The predicted octanol–water partition coefficient (Wildman–Crippen LogP) is 3.00. The van der Waals surface area contributed by atoms with Gasteiger partial charge in [-0.15, -0.1) is 24.0 Å². The van der Waals surface area contributed by atoms with Crippen molar-refractivity contribution in [3.05, 3.63) is 41.3 Å². The molecule has 0 amide bonds. The average Bonchev–Trinajstić information content (AvgIpc) is 2.88. The van der Waals surface area contributed by atoms with Crippen molar-refractivity contribution in [3.8, 4) is 0 Å². The number of anilines is 1. The molecule has 150 valence electrons. The van der Waals surface area contributed by atoms with E-state index in [2.05, 4.69) is 39.9 Å². The van der Waals surface area contributed by atoms with Crippen LogP contribution in [0.5, 0.6) is 0 Å². The molecule has 2 heterocycles. The molecule has 0 atom stereocenters. The molecule has 2 aromatic heterocycles. The van der Waals surface area contributed by atoms with E-state index < -0.39 is 0 Å². The Morgan fingerprint density at radius 3 is 2.56 bits per heavy atom. The zero-order valence-corrected chi connectivity index (χ0v) is 19.1. The van der Waals surface area contributed by atoms with Gasteiger partial charge in [-0.2, -0.15) is 5.10 Å². The van der Waals surface area contributed by atoms with E-state index >= 15 is 0 Å². The normalized spacial score (nSPS) is 11.0. The van der Waals surface area contributed by atoms with Crippen molar-refractivity contribution in [2.75, 3.05) is 25.0 Å². The van der Waals surface area contributed by atoms with Crippen molar-refractivity contribution in [3.63, 3.8) is 0 Å². The van der Waals surface area contributed by atoms with Gasteiger partial charge in [0, 0.05) is 44.1 Å². The minimum Gasteiger partial charge on any atom is -0.370 e. The molecule has 0 bridgehead atoms. The minimum absolute atomic E-state index is 0. The maximum absolute atomic E-state index is 4.70. The fourth-order valence-electron chi connectivity index (χ4n) is 2.69. The van der Waals surface area contributed by atoms with Crippen LogP contribution in [0.2, 0.25) is 0 Å². The molecule has 0 saturated carbocycles. The number of hydrogen-bond acceptors (Lipinski definition) is 4. The van der Waals surface area contributed by atoms with Crippen LogP contribution >= 0.6 is 24.0 Å². The third-order valence-corrected chi connectivity index (χ3v) is 4.27. The number of aliphatic imine (C=N–C) groups is 1. The Morgan fingerprint density at radius 1 is 1.15 bits per heavy atom. The summed E-state index contributed by atoms with van der Waals surface area (Å²) >= 11 is 0. The van der Waals surface area contributed by atoms with E-state index in [1.54, 1.807) is 6.20 Å². The van der Waals surface area contributed by atoms with E-state index in [0.717, 1.165) is 49.9 Å². The van der Waals surface area contributed by atoms with E-state index in [1.165, 1.54) is 11.3 Å². The highest BCUT2D eigenvalue weighted by Crippen LogP contribution is 2.12. The van der Waals surface area contributed by atoms with Gasteiger partial charge < -0.3 is 16.0 Å². The number of unbranched alkanes of at least 4 members (excludes halogenated alkanes) is 1. The highest BCUT2D eigenvalue weighted by Gasteiger charge is 2.08. The van der Waals surface area contributed by atoms with Crippen LogP contribution in [0.25, 0.3) is 0 Å². The Morgan fingerprint density at radius 2 is 1.93 bits per heavy atom. The van der Waals surface area contributed by atoms with Crippen molar-refractivity contribution in [1.82, 2.24) is 25.4 Å². The second-order valence-electron chi connectivity index (χ2n) is 6.24. The summed E-state index contributed by atoms with van der Waals surface area (Å²) in [5, 5.41) is 14.5. The Balaban J connectivity index is 0.00000364. The van der Waals surface area contributed by atoms with Crippen molar-refractivity contribution < 1.29 is 0 Å². The lowest BCUT2D eigenvalue weighted by Gasteiger charge is -2.11.